The number of nitrogens with zero attached hydrogens (tertiary/aromatic N) is 3. The average molecular weight is 451 g/mol. The summed E-state index contributed by atoms with van der Waals surface area (Å²) < 4.78 is 0. The standard InChI is InChI=1S/C18H37N5.HI/c1-5-18(8-6-7-9-18)15-21-17(19-3)20-14-16(2)23-12-10-22(4)11-13-23;/h16H,5-15H2,1-4H3,(H2,19,20,21);1H. The molecule has 2 N–H and O–H groups in total. The third kappa shape index (κ3) is 6.33. The van der Waals surface area contributed by atoms with E-state index in [1.165, 1.54) is 58.3 Å². The van der Waals surface area contributed by atoms with Crippen LogP contribution in [-0.2, 0) is 0 Å². The summed E-state index contributed by atoms with van der Waals surface area (Å²) in [6.45, 7) is 11.4. The van der Waals surface area contributed by atoms with Gasteiger partial charge in [0.05, 0.1) is 0 Å². The first-order chi connectivity index (χ1) is 11.1. The lowest BCUT2D eigenvalue weighted by Crippen LogP contribution is -2.52. The zero-order valence-electron chi connectivity index (χ0n) is 16.1. The van der Waals surface area contributed by atoms with Crippen molar-refractivity contribution in [3.05, 3.63) is 0 Å². The maximum Gasteiger partial charge on any atom is 0.191 e. The van der Waals surface area contributed by atoms with E-state index in [-0.39, 0.29) is 24.0 Å². The van der Waals surface area contributed by atoms with E-state index in [0.29, 0.717) is 11.5 Å². The minimum Gasteiger partial charge on any atom is -0.356 e. The highest BCUT2D eigenvalue weighted by Crippen LogP contribution is 2.40. The van der Waals surface area contributed by atoms with Crippen LogP contribution in [0, 0.1) is 5.41 Å². The van der Waals surface area contributed by atoms with Crippen molar-refractivity contribution in [2.24, 2.45) is 10.4 Å². The Morgan fingerprint density at radius 3 is 2.29 bits per heavy atom. The number of guanidine groups is 1. The summed E-state index contributed by atoms with van der Waals surface area (Å²) in [6.07, 6.45) is 6.79. The van der Waals surface area contributed by atoms with Gasteiger partial charge < -0.3 is 15.5 Å². The molecule has 0 bridgehead atoms. The number of nitrogens with one attached hydrogen (secondary N) is 2. The molecule has 2 fully saturated rings. The molecule has 2 rings (SSSR count). The summed E-state index contributed by atoms with van der Waals surface area (Å²) in [5, 5.41) is 7.11. The molecule has 24 heavy (non-hydrogen) atoms. The van der Waals surface area contributed by atoms with Crippen LogP contribution in [0.2, 0.25) is 0 Å². The summed E-state index contributed by atoms with van der Waals surface area (Å²) in [5.74, 6) is 0.964. The highest BCUT2D eigenvalue weighted by molar-refractivity contribution is 14.0. The fourth-order valence-electron chi connectivity index (χ4n) is 3.91. The summed E-state index contributed by atoms with van der Waals surface area (Å²) >= 11 is 0. The average Bonchev–Trinajstić information content (AvgIpc) is 3.05. The lowest BCUT2D eigenvalue weighted by Gasteiger charge is -2.36. The number of halogens is 1. The molecule has 0 amide bonds. The summed E-state index contributed by atoms with van der Waals surface area (Å²) in [5.41, 5.74) is 0.501. The molecule has 1 aliphatic heterocycles. The topological polar surface area (TPSA) is 42.9 Å². The lowest BCUT2D eigenvalue weighted by atomic mass is 9.83. The molecule has 1 aliphatic carbocycles. The highest BCUT2D eigenvalue weighted by atomic mass is 127. The van der Waals surface area contributed by atoms with E-state index in [0.717, 1.165) is 19.0 Å². The number of aliphatic imine (C=N–C) groups is 1. The molecule has 1 unspecified atom stereocenters. The van der Waals surface area contributed by atoms with Gasteiger partial charge >= 0.3 is 0 Å². The molecular weight excluding hydrogens is 413 g/mol. The molecule has 1 heterocycles. The van der Waals surface area contributed by atoms with Crippen LogP contribution in [0.1, 0.15) is 46.0 Å². The second kappa shape index (κ2) is 10.8. The molecule has 1 saturated heterocycles. The first kappa shape index (κ1) is 22.0. The fourth-order valence-corrected chi connectivity index (χ4v) is 3.91. The first-order valence-corrected chi connectivity index (χ1v) is 9.46. The normalized spacial score (nSPS) is 23.6. The van der Waals surface area contributed by atoms with Gasteiger partial charge in [-0.25, -0.2) is 0 Å². The summed E-state index contributed by atoms with van der Waals surface area (Å²) in [7, 11) is 4.09. The summed E-state index contributed by atoms with van der Waals surface area (Å²) in [6, 6.07) is 0.550. The molecule has 0 spiro atoms. The minimum absolute atomic E-state index is 0. The Bertz CT molecular complexity index is 374. The lowest BCUT2D eigenvalue weighted by molar-refractivity contribution is 0.120. The van der Waals surface area contributed by atoms with E-state index in [1.54, 1.807) is 0 Å². The van der Waals surface area contributed by atoms with Crippen LogP contribution < -0.4 is 10.6 Å². The molecule has 1 atom stereocenters. The second-order valence-corrected chi connectivity index (χ2v) is 7.56. The third-order valence-electron chi connectivity index (χ3n) is 5.99. The van der Waals surface area contributed by atoms with Crippen molar-refractivity contribution in [3.8, 4) is 0 Å². The van der Waals surface area contributed by atoms with Gasteiger partial charge in [-0.15, -0.1) is 24.0 Å². The molecule has 5 nitrogen and oxygen atoms in total. The predicted octanol–water partition coefficient (Wildman–Crippen LogP) is 2.38. The van der Waals surface area contributed by atoms with Crippen molar-refractivity contribution >= 4 is 29.9 Å². The van der Waals surface area contributed by atoms with Crippen molar-refractivity contribution in [1.82, 2.24) is 20.4 Å². The molecule has 2 aliphatic rings. The second-order valence-electron chi connectivity index (χ2n) is 7.56. The summed E-state index contributed by atoms with van der Waals surface area (Å²) in [4.78, 5) is 9.39. The smallest absolute Gasteiger partial charge is 0.191 e. The Hall–Kier alpha value is -0.0800. The SMILES string of the molecule is CCC1(CNC(=NC)NCC(C)N2CCN(C)CC2)CCCC1.I. The zero-order valence-corrected chi connectivity index (χ0v) is 18.4. The molecular formula is C18H38IN5. The molecule has 0 aromatic rings. The van der Waals surface area contributed by atoms with Gasteiger partial charge in [-0.3, -0.25) is 9.89 Å². The monoisotopic (exact) mass is 451 g/mol. The van der Waals surface area contributed by atoms with Crippen LogP contribution in [0.25, 0.3) is 0 Å². The van der Waals surface area contributed by atoms with Crippen LogP contribution in [0.5, 0.6) is 0 Å². The Balaban J connectivity index is 0.00000288. The Morgan fingerprint density at radius 2 is 1.75 bits per heavy atom. The largest absolute Gasteiger partial charge is 0.356 e. The fraction of sp³-hybridized carbons (Fsp3) is 0.944. The maximum atomic E-state index is 4.41. The minimum atomic E-state index is 0. The van der Waals surface area contributed by atoms with Crippen LogP contribution in [-0.4, -0.2) is 75.2 Å². The third-order valence-corrected chi connectivity index (χ3v) is 5.99. The van der Waals surface area contributed by atoms with E-state index < -0.39 is 0 Å². The van der Waals surface area contributed by atoms with Gasteiger partial charge in [0, 0.05) is 52.4 Å². The molecule has 0 aromatic carbocycles. The van der Waals surface area contributed by atoms with E-state index >= 15 is 0 Å². The van der Waals surface area contributed by atoms with Crippen molar-refractivity contribution in [3.63, 3.8) is 0 Å². The molecule has 142 valence electrons. The molecule has 6 heteroatoms. The van der Waals surface area contributed by atoms with Gasteiger partial charge in [-0.05, 0) is 38.6 Å². The van der Waals surface area contributed by atoms with E-state index in [4.69, 9.17) is 0 Å². The number of piperazine rings is 1. The highest BCUT2D eigenvalue weighted by Gasteiger charge is 2.31. The number of hydrogen-bond acceptors (Lipinski definition) is 3. The van der Waals surface area contributed by atoms with E-state index in [1.807, 2.05) is 7.05 Å². The van der Waals surface area contributed by atoms with Gasteiger partial charge in [0.2, 0.25) is 0 Å². The van der Waals surface area contributed by atoms with Crippen molar-refractivity contribution in [2.75, 3.05) is 53.4 Å². The van der Waals surface area contributed by atoms with Gasteiger partial charge in [0.1, 0.15) is 0 Å². The van der Waals surface area contributed by atoms with E-state index in [2.05, 4.69) is 46.3 Å². The zero-order chi connectivity index (χ0) is 16.7. The predicted molar refractivity (Wildman–Crippen MR) is 115 cm³/mol. The van der Waals surface area contributed by atoms with Crippen molar-refractivity contribution in [1.29, 1.82) is 0 Å². The van der Waals surface area contributed by atoms with Crippen molar-refractivity contribution in [2.45, 2.75) is 52.0 Å². The quantitative estimate of drug-likeness (QED) is 0.370. The Kier molecular flexibility index (Phi) is 9.89. The maximum absolute atomic E-state index is 4.41. The number of hydrogen-bond donors (Lipinski definition) is 2. The molecule has 0 radical (unpaired) electrons. The number of rotatable bonds is 6. The van der Waals surface area contributed by atoms with Crippen LogP contribution >= 0.6 is 24.0 Å². The van der Waals surface area contributed by atoms with Gasteiger partial charge in [-0.1, -0.05) is 19.8 Å². The number of likely N-dealkylation sites (N-methyl/N-ethyl adjacent to an activating group) is 1. The molecule has 1 saturated carbocycles. The van der Waals surface area contributed by atoms with Crippen LogP contribution in [0.15, 0.2) is 4.99 Å². The van der Waals surface area contributed by atoms with Crippen LogP contribution in [0.3, 0.4) is 0 Å². The Labute approximate surface area is 166 Å². The molecule has 0 aromatic heterocycles. The Morgan fingerprint density at radius 1 is 1.12 bits per heavy atom. The van der Waals surface area contributed by atoms with Crippen LogP contribution in [0.4, 0.5) is 0 Å². The first-order valence-electron chi connectivity index (χ1n) is 9.46. The van der Waals surface area contributed by atoms with Crippen molar-refractivity contribution < 1.29 is 0 Å². The van der Waals surface area contributed by atoms with Gasteiger partial charge in [0.15, 0.2) is 5.96 Å². The van der Waals surface area contributed by atoms with E-state index in [9.17, 15) is 0 Å². The van der Waals surface area contributed by atoms with Gasteiger partial charge in [0.25, 0.3) is 0 Å². The van der Waals surface area contributed by atoms with Gasteiger partial charge in [-0.2, -0.15) is 0 Å².